The van der Waals surface area contributed by atoms with E-state index in [1.165, 1.54) is 0 Å². The van der Waals surface area contributed by atoms with Crippen LogP contribution in [0.25, 0.3) is 0 Å². The molecule has 0 aliphatic heterocycles. The first kappa shape index (κ1) is 20.4. The second-order valence-electron chi connectivity index (χ2n) is 4.53. The van der Waals surface area contributed by atoms with Crippen LogP contribution in [0.2, 0.25) is 0 Å². The number of hydrogen-bond acceptors (Lipinski definition) is 3. The molecule has 1 aromatic rings. The number of nitrogens with two attached hydrogens (primary N) is 1. The standard InChI is InChI=1S/C13H18Cl2N2O3.ClH/c14-5-7-17(20,8-6-15)11-3-1-10(2-4-11)9-12(16)13(18)19;/h1-4,12H,5-9,16H2,(H,18,19);1H/t12-;/m0./s1. The molecule has 1 rings (SSSR count). The predicted molar refractivity (Wildman–Crippen MR) is 89.3 cm³/mol. The molecule has 0 aliphatic carbocycles. The largest absolute Gasteiger partial charge is 0.627 e. The summed E-state index contributed by atoms with van der Waals surface area (Å²) in [7, 11) is 0. The van der Waals surface area contributed by atoms with Crippen LogP contribution in [0.15, 0.2) is 24.3 Å². The minimum absolute atomic E-state index is 0. The van der Waals surface area contributed by atoms with Gasteiger partial charge in [-0.05, 0) is 24.1 Å². The minimum atomic E-state index is -1.05. The molecular formula is C13H19Cl3N2O3. The molecule has 0 unspecified atom stereocenters. The second-order valence-corrected chi connectivity index (χ2v) is 5.29. The summed E-state index contributed by atoms with van der Waals surface area (Å²) in [5.41, 5.74) is 6.79. The summed E-state index contributed by atoms with van der Waals surface area (Å²) in [4.78, 5) is 10.7. The predicted octanol–water partition coefficient (Wildman–Crippen LogP) is 2.35. The van der Waals surface area contributed by atoms with E-state index in [1.807, 2.05) is 0 Å². The van der Waals surface area contributed by atoms with E-state index in [0.29, 0.717) is 5.69 Å². The maximum Gasteiger partial charge on any atom is 0.320 e. The lowest BCUT2D eigenvalue weighted by Gasteiger charge is -2.41. The highest BCUT2D eigenvalue weighted by Gasteiger charge is 2.19. The van der Waals surface area contributed by atoms with E-state index >= 15 is 0 Å². The van der Waals surface area contributed by atoms with Gasteiger partial charge in [0.15, 0.2) is 0 Å². The second kappa shape index (κ2) is 9.46. The number of carboxylic acids is 1. The van der Waals surface area contributed by atoms with Gasteiger partial charge >= 0.3 is 5.97 Å². The van der Waals surface area contributed by atoms with Gasteiger partial charge in [0.25, 0.3) is 0 Å². The summed E-state index contributed by atoms with van der Waals surface area (Å²) in [5, 5.41) is 21.4. The molecular weight excluding hydrogens is 339 g/mol. The zero-order chi connectivity index (χ0) is 15.2. The Morgan fingerprint density at radius 3 is 2.10 bits per heavy atom. The number of nitrogens with zero attached hydrogens (tertiary/aromatic N) is 1. The van der Waals surface area contributed by atoms with E-state index in [4.69, 9.17) is 34.0 Å². The van der Waals surface area contributed by atoms with Gasteiger partial charge in [-0.25, -0.2) is 0 Å². The van der Waals surface area contributed by atoms with Crippen LogP contribution < -0.4 is 10.4 Å². The van der Waals surface area contributed by atoms with Crippen molar-refractivity contribution >= 4 is 47.3 Å². The monoisotopic (exact) mass is 356 g/mol. The van der Waals surface area contributed by atoms with E-state index in [2.05, 4.69) is 0 Å². The van der Waals surface area contributed by atoms with E-state index in [9.17, 15) is 10.0 Å². The van der Waals surface area contributed by atoms with Crippen LogP contribution in [-0.2, 0) is 11.2 Å². The third-order valence-corrected chi connectivity index (χ3v) is 3.41. The van der Waals surface area contributed by atoms with Gasteiger partial charge in [-0.2, -0.15) is 0 Å². The Morgan fingerprint density at radius 1 is 1.24 bits per heavy atom. The maximum absolute atomic E-state index is 12.6. The molecule has 1 atom stereocenters. The Kier molecular flexibility index (Phi) is 9.20. The van der Waals surface area contributed by atoms with Crippen LogP contribution in [0, 0.1) is 5.21 Å². The van der Waals surface area contributed by atoms with E-state index in [1.54, 1.807) is 24.3 Å². The quantitative estimate of drug-likeness (QED) is 0.425. The lowest BCUT2D eigenvalue weighted by Crippen LogP contribution is -2.46. The molecule has 0 heterocycles. The molecule has 0 spiro atoms. The number of aliphatic carboxylic acids is 1. The average Bonchev–Trinajstić information content (AvgIpc) is 2.39. The normalized spacial score (nSPS) is 12.6. The third-order valence-electron chi connectivity index (χ3n) is 3.07. The number of hydroxylamine groups is 2. The van der Waals surface area contributed by atoms with Crippen molar-refractivity contribution in [1.82, 2.24) is 4.65 Å². The summed E-state index contributed by atoms with van der Waals surface area (Å²) in [5.74, 6) is -0.565. The number of quaternary nitrogens is 1. The van der Waals surface area contributed by atoms with Gasteiger partial charge in [0.1, 0.15) is 11.7 Å². The number of benzene rings is 1. The van der Waals surface area contributed by atoms with Crippen molar-refractivity contribution in [3.8, 4) is 0 Å². The molecule has 0 radical (unpaired) electrons. The molecule has 0 aliphatic rings. The average molecular weight is 358 g/mol. The molecule has 0 fully saturated rings. The molecule has 0 aromatic heterocycles. The van der Waals surface area contributed by atoms with Crippen molar-refractivity contribution in [1.29, 1.82) is 0 Å². The highest BCUT2D eigenvalue weighted by atomic mass is 35.5. The van der Waals surface area contributed by atoms with Crippen molar-refractivity contribution in [2.24, 2.45) is 5.73 Å². The SMILES string of the molecule is Cl.N[C@@H](Cc1ccc([N+]([O-])(CCCl)CCCl)cc1)C(=O)O. The fraction of sp³-hybridized carbons (Fsp3) is 0.462. The van der Waals surface area contributed by atoms with Gasteiger partial charge in [0, 0.05) is 0 Å². The molecule has 8 heteroatoms. The Labute approximate surface area is 140 Å². The maximum atomic E-state index is 12.6. The van der Waals surface area contributed by atoms with Crippen LogP contribution in [0.4, 0.5) is 5.69 Å². The summed E-state index contributed by atoms with van der Waals surface area (Å²) in [6, 6.07) is 5.83. The molecule has 5 nitrogen and oxygen atoms in total. The minimum Gasteiger partial charge on any atom is -0.627 e. The Balaban J connectivity index is 0.00000400. The van der Waals surface area contributed by atoms with Crippen molar-refractivity contribution in [3.63, 3.8) is 0 Å². The number of alkyl halides is 2. The Bertz CT molecular complexity index is 437. The Hall–Kier alpha value is -0.560. The lowest BCUT2D eigenvalue weighted by molar-refractivity contribution is -0.138. The van der Waals surface area contributed by atoms with Gasteiger partial charge in [-0.3, -0.25) is 4.79 Å². The van der Waals surface area contributed by atoms with Crippen LogP contribution in [0.3, 0.4) is 0 Å². The van der Waals surface area contributed by atoms with Crippen LogP contribution in [-0.4, -0.2) is 42.0 Å². The highest BCUT2D eigenvalue weighted by molar-refractivity contribution is 6.18. The molecule has 3 N–H and O–H groups in total. The molecule has 1 aromatic carbocycles. The third kappa shape index (κ3) is 5.98. The van der Waals surface area contributed by atoms with Gasteiger partial charge in [-0.15, -0.1) is 35.6 Å². The van der Waals surface area contributed by atoms with E-state index in [0.717, 1.165) is 5.56 Å². The number of hydrogen-bond donors (Lipinski definition) is 2. The molecule has 21 heavy (non-hydrogen) atoms. The summed E-state index contributed by atoms with van der Waals surface area (Å²) in [6.07, 6.45) is 0.222. The smallest absolute Gasteiger partial charge is 0.320 e. The molecule has 0 bridgehead atoms. The topological polar surface area (TPSA) is 86.4 Å². The van der Waals surface area contributed by atoms with E-state index < -0.39 is 16.7 Å². The van der Waals surface area contributed by atoms with Crippen LogP contribution in [0.5, 0.6) is 0 Å². The molecule has 0 saturated carbocycles. The van der Waals surface area contributed by atoms with Gasteiger partial charge in [0.05, 0.1) is 24.8 Å². The first-order valence-corrected chi connectivity index (χ1v) is 7.28. The number of carbonyl (C=O) groups is 1. The van der Waals surface area contributed by atoms with Crippen LogP contribution >= 0.6 is 35.6 Å². The van der Waals surface area contributed by atoms with Gasteiger partial charge in [0.2, 0.25) is 0 Å². The summed E-state index contributed by atoms with van der Waals surface area (Å²) >= 11 is 11.3. The van der Waals surface area contributed by atoms with Crippen LogP contribution in [0.1, 0.15) is 5.56 Å². The Morgan fingerprint density at radius 2 is 1.71 bits per heavy atom. The van der Waals surface area contributed by atoms with Crippen molar-refractivity contribution in [2.75, 3.05) is 24.8 Å². The first-order chi connectivity index (χ1) is 9.42. The summed E-state index contributed by atoms with van der Waals surface area (Å²) in [6.45, 7) is 0.477. The number of carboxylic acid groups (broad SMARTS) is 1. The molecule has 120 valence electrons. The first-order valence-electron chi connectivity index (χ1n) is 6.21. The molecule has 0 saturated heterocycles. The van der Waals surface area contributed by atoms with Crippen molar-refractivity contribution < 1.29 is 9.90 Å². The van der Waals surface area contributed by atoms with Gasteiger partial charge in [-0.1, -0.05) is 12.1 Å². The fourth-order valence-corrected chi connectivity index (χ4v) is 2.43. The highest BCUT2D eigenvalue weighted by Crippen LogP contribution is 2.23. The lowest BCUT2D eigenvalue weighted by atomic mass is 10.1. The number of halogens is 3. The van der Waals surface area contributed by atoms with Crippen molar-refractivity contribution in [2.45, 2.75) is 12.5 Å². The summed E-state index contributed by atoms with van der Waals surface area (Å²) < 4.78 is -0.585. The van der Waals surface area contributed by atoms with Crippen molar-refractivity contribution in [3.05, 3.63) is 35.0 Å². The molecule has 0 amide bonds. The zero-order valence-electron chi connectivity index (χ0n) is 11.4. The zero-order valence-corrected chi connectivity index (χ0v) is 13.7. The van der Waals surface area contributed by atoms with E-state index in [-0.39, 0.29) is 43.7 Å². The van der Waals surface area contributed by atoms with Gasteiger partial charge < -0.3 is 20.7 Å². The fourth-order valence-electron chi connectivity index (χ4n) is 1.89. The number of rotatable bonds is 8.